The summed E-state index contributed by atoms with van der Waals surface area (Å²) >= 11 is 0. The summed E-state index contributed by atoms with van der Waals surface area (Å²) in [5.41, 5.74) is 9.75. The summed E-state index contributed by atoms with van der Waals surface area (Å²) in [5.74, 6) is 0. The van der Waals surface area contributed by atoms with Gasteiger partial charge in [-0.1, -0.05) is 42.5 Å². The summed E-state index contributed by atoms with van der Waals surface area (Å²) in [6.45, 7) is 8.64. The van der Waals surface area contributed by atoms with Crippen molar-refractivity contribution in [3.63, 3.8) is 0 Å². The monoisotopic (exact) mass is 308 g/mol. The topological polar surface area (TPSA) is 35.5 Å². The van der Waals surface area contributed by atoms with Gasteiger partial charge in [-0.3, -0.25) is 5.01 Å². The Bertz CT molecular complexity index is 739. The van der Waals surface area contributed by atoms with Crippen LogP contribution in [0.25, 0.3) is 5.57 Å². The fraction of sp³-hybridized carbons (Fsp3) is 0.300. The van der Waals surface area contributed by atoms with Crippen molar-refractivity contribution in [2.24, 2.45) is 0 Å². The third-order valence-corrected chi connectivity index (χ3v) is 4.47. The molecular weight excluding hydrogens is 284 g/mol. The molecule has 2 aromatic rings. The van der Waals surface area contributed by atoms with Crippen LogP contribution in [0.15, 0.2) is 54.2 Å². The van der Waals surface area contributed by atoms with Crippen LogP contribution >= 0.6 is 0 Å². The van der Waals surface area contributed by atoms with Gasteiger partial charge in [0.2, 0.25) is 0 Å². The number of rotatable bonds is 3. The van der Waals surface area contributed by atoms with Crippen molar-refractivity contribution in [3.8, 4) is 0 Å². The zero-order valence-electron chi connectivity index (χ0n) is 14.2. The number of hydrogen-bond donors (Lipinski definition) is 2. The standard InChI is InChI=1S/C20H24N2O/c1-14-15(2)21-22(19-8-6-5-7-18(14)19)13-16-9-11-17(12-10-16)20(3,4)23/h5-12,21,23H,13H2,1-4H3. The molecule has 2 aromatic carbocycles. The number of nitrogens with one attached hydrogen (secondary N) is 1. The smallest absolute Gasteiger partial charge is 0.0840 e. The lowest BCUT2D eigenvalue weighted by molar-refractivity contribution is 0.0786. The van der Waals surface area contributed by atoms with Crippen molar-refractivity contribution in [2.75, 3.05) is 5.01 Å². The number of para-hydroxylation sites is 1. The summed E-state index contributed by atoms with van der Waals surface area (Å²) in [6, 6.07) is 16.6. The molecule has 23 heavy (non-hydrogen) atoms. The second kappa shape index (κ2) is 5.74. The summed E-state index contributed by atoms with van der Waals surface area (Å²) in [5, 5.41) is 12.2. The molecule has 0 aliphatic carbocycles. The van der Waals surface area contributed by atoms with Crippen LogP contribution in [0, 0.1) is 0 Å². The van der Waals surface area contributed by atoms with E-state index in [2.05, 4.69) is 60.7 Å². The first-order chi connectivity index (χ1) is 10.9. The van der Waals surface area contributed by atoms with Crippen molar-refractivity contribution in [3.05, 3.63) is 70.9 Å². The molecule has 2 N–H and O–H groups in total. The third kappa shape index (κ3) is 3.10. The van der Waals surface area contributed by atoms with Crippen LogP contribution in [-0.2, 0) is 12.1 Å². The molecule has 0 radical (unpaired) electrons. The highest BCUT2D eigenvalue weighted by Gasteiger charge is 2.20. The average molecular weight is 308 g/mol. The Morgan fingerprint density at radius 2 is 1.65 bits per heavy atom. The van der Waals surface area contributed by atoms with E-state index < -0.39 is 5.60 Å². The lowest BCUT2D eigenvalue weighted by Crippen LogP contribution is -2.39. The maximum absolute atomic E-state index is 10.1. The minimum atomic E-state index is -0.801. The van der Waals surface area contributed by atoms with E-state index in [-0.39, 0.29) is 0 Å². The molecule has 0 aromatic heterocycles. The van der Waals surface area contributed by atoms with Crippen molar-refractivity contribution >= 4 is 11.3 Å². The molecule has 0 amide bonds. The number of fused-ring (bicyclic) bond motifs is 1. The van der Waals surface area contributed by atoms with Gasteiger partial charge >= 0.3 is 0 Å². The number of aliphatic hydroxyl groups is 1. The molecule has 120 valence electrons. The zero-order chi connectivity index (χ0) is 16.6. The lowest BCUT2D eigenvalue weighted by Gasteiger charge is -2.34. The highest BCUT2D eigenvalue weighted by molar-refractivity contribution is 5.79. The van der Waals surface area contributed by atoms with Gasteiger partial charge in [0.25, 0.3) is 0 Å². The van der Waals surface area contributed by atoms with Gasteiger partial charge in [0.15, 0.2) is 0 Å². The van der Waals surface area contributed by atoms with Gasteiger partial charge in [-0.25, -0.2) is 0 Å². The van der Waals surface area contributed by atoms with Gasteiger partial charge < -0.3 is 10.5 Å². The average Bonchev–Trinajstić information content (AvgIpc) is 2.52. The van der Waals surface area contributed by atoms with Crippen LogP contribution < -0.4 is 10.4 Å². The Hall–Kier alpha value is -2.26. The van der Waals surface area contributed by atoms with Crippen molar-refractivity contribution in [2.45, 2.75) is 39.8 Å². The maximum atomic E-state index is 10.1. The van der Waals surface area contributed by atoms with E-state index in [9.17, 15) is 5.11 Å². The van der Waals surface area contributed by atoms with E-state index in [0.29, 0.717) is 0 Å². The van der Waals surface area contributed by atoms with E-state index in [0.717, 1.165) is 12.1 Å². The number of hydrogen-bond acceptors (Lipinski definition) is 3. The van der Waals surface area contributed by atoms with Crippen LogP contribution in [-0.4, -0.2) is 5.11 Å². The Kier molecular flexibility index (Phi) is 3.90. The number of nitrogens with zero attached hydrogens (tertiary/aromatic N) is 1. The van der Waals surface area contributed by atoms with Crippen LogP contribution in [0.3, 0.4) is 0 Å². The van der Waals surface area contributed by atoms with E-state index in [4.69, 9.17) is 0 Å². The summed E-state index contributed by atoms with van der Waals surface area (Å²) in [6.07, 6.45) is 0. The minimum Gasteiger partial charge on any atom is -0.386 e. The van der Waals surface area contributed by atoms with Gasteiger partial charge in [-0.15, -0.1) is 0 Å². The highest BCUT2D eigenvalue weighted by Crippen LogP contribution is 2.32. The first kappa shape index (κ1) is 15.6. The fourth-order valence-corrected chi connectivity index (χ4v) is 2.90. The van der Waals surface area contributed by atoms with Crippen LogP contribution in [0.2, 0.25) is 0 Å². The molecule has 0 saturated heterocycles. The van der Waals surface area contributed by atoms with Gasteiger partial charge in [-0.05, 0) is 50.5 Å². The van der Waals surface area contributed by atoms with Gasteiger partial charge in [0.1, 0.15) is 0 Å². The van der Waals surface area contributed by atoms with Crippen LogP contribution in [0.5, 0.6) is 0 Å². The molecule has 0 fully saturated rings. The number of benzene rings is 2. The quantitative estimate of drug-likeness (QED) is 0.892. The normalized spacial score (nSPS) is 14.6. The van der Waals surface area contributed by atoms with E-state index >= 15 is 0 Å². The summed E-state index contributed by atoms with van der Waals surface area (Å²) < 4.78 is 0. The summed E-state index contributed by atoms with van der Waals surface area (Å²) in [7, 11) is 0. The molecule has 1 aliphatic heterocycles. The molecule has 0 bridgehead atoms. The van der Waals surface area contributed by atoms with Crippen molar-refractivity contribution in [1.82, 2.24) is 5.43 Å². The van der Waals surface area contributed by atoms with E-state index in [1.54, 1.807) is 13.8 Å². The second-order valence-electron chi connectivity index (χ2n) is 6.72. The Morgan fingerprint density at radius 1 is 1.00 bits per heavy atom. The molecule has 1 aliphatic rings. The van der Waals surface area contributed by atoms with Gasteiger partial charge in [0, 0.05) is 11.3 Å². The van der Waals surface area contributed by atoms with E-state index in [1.165, 1.54) is 28.1 Å². The second-order valence-corrected chi connectivity index (χ2v) is 6.72. The SMILES string of the molecule is CC1=C(C)c2ccccc2N(Cc2ccc(C(C)(C)O)cc2)N1. The fourth-order valence-electron chi connectivity index (χ4n) is 2.90. The molecule has 0 unspecified atom stereocenters. The Labute approximate surface area is 138 Å². The Morgan fingerprint density at radius 3 is 2.30 bits per heavy atom. The highest BCUT2D eigenvalue weighted by atomic mass is 16.3. The summed E-state index contributed by atoms with van der Waals surface area (Å²) in [4.78, 5) is 0. The van der Waals surface area contributed by atoms with Crippen molar-refractivity contribution < 1.29 is 5.11 Å². The molecule has 0 atom stereocenters. The van der Waals surface area contributed by atoms with E-state index in [1.807, 2.05) is 12.1 Å². The molecule has 3 rings (SSSR count). The molecule has 1 heterocycles. The molecule has 3 nitrogen and oxygen atoms in total. The molecule has 3 heteroatoms. The van der Waals surface area contributed by atoms with Crippen molar-refractivity contribution in [1.29, 1.82) is 0 Å². The number of hydrazine groups is 1. The van der Waals surface area contributed by atoms with Crippen LogP contribution in [0.1, 0.15) is 44.4 Å². The molecule has 0 saturated carbocycles. The predicted octanol–water partition coefficient (Wildman–Crippen LogP) is 4.19. The number of allylic oxidation sites excluding steroid dienone is 2. The minimum absolute atomic E-state index is 0.772. The Balaban J connectivity index is 1.87. The predicted molar refractivity (Wildman–Crippen MR) is 95.7 cm³/mol. The maximum Gasteiger partial charge on any atom is 0.0840 e. The van der Waals surface area contributed by atoms with Gasteiger partial charge in [0.05, 0.1) is 17.8 Å². The largest absolute Gasteiger partial charge is 0.386 e. The first-order valence-electron chi connectivity index (χ1n) is 7.99. The molecule has 0 spiro atoms. The number of anilines is 1. The van der Waals surface area contributed by atoms with Crippen LogP contribution in [0.4, 0.5) is 5.69 Å². The zero-order valence-corrected chi connectivity index (χ0v) is 14.2. The van der Waals surface area contributed by atoms with Gasteiger partial charge in [-0.2, -0.15) is 0 Å². The lowest BCUT2D eigenvalue weighted by atomic mass is 9.97. The third-order valence-electron chi connectivity index (χ3n) is 4.47. The molecular formula is C20H24N2O. The first-order valence-corrected chi connectivity index (χ1v) is 7.99.